The Balaban J connectivity index is 1.41. The van der Waals surface area contributed by atoms with Crippen molar-refractivity contribution in [2.75, 3.05) is 13.1 Å². The first kappa shape index (κ1) is 18.7. The lowest BCUT2D eigenvalue weighted by Crippen LogP contribution is -2.55. The molecular weight excluding hydrogens is 357 g/mol. The third-order valence-corrected chi connectivity index (χ3v) is 6.04. The summed E-state index contributed by atoms with van der Waals surface area (Å²) < 4.78 is 16.5. The van der Waals surface area contributed by atoms with Crippen molar-refractivity contribution >= 4 is 11.8 Å². The largest absolute Gasteiger partial charge is 0.350 e. The van der Waals surface area contributed by atoms with E-state index in [2.05, 4.69) is 5.32 Å². The smallest absolute Gasteiger partial charge is 0.270 e. The van der Waals surface area contributed by atoms with Crippen molar-refractivity contribution in [1.82, 2.24) is 14.8 Å². The van der Waals surface area contributed by atoms with Crippen LogP contribution in [0.5, 0.6) is 0 Å². The third kappa shape index (κ3) is 3.55. The number of benzene rings is 1. The molecule has 2 atom stereocenters. The second-order valence-electron chi connectivity index (χ2n) is 7.83. The summed E-state index contributed by atoms with van der Waals surface area (Å²) in [6.45, 7) is 0.459. The van der Waals surface area contributed by atoms with Crippen molar-refractivity contribution in [3.8, 4) is 11.3 Å². The highest BCUT2D eigenvalue weighted by atomic mass is 19.1. The highest BCUT2D eigenvalue weighted by molar-refractivity contribution is 5.94. The fourth-order valence-corrected chi connectivity index (χ4v) is 4.01. The zero-order chi connectivity index (χ0) is 19.7. The van der Waals surface area contributed by atoms with Crippen molar-refractivity contribution in [2.24, 2.45) is 13.0 Å². The Bertz CT molecular complexity index is 860. The first-order valence-electron chi connectivity index (χ1n) is 9.99. The average Bonchev–Trinajstić information content (AvgIpc) is 3.03. The van der Waals surface area contributed by atoms with Gasteiger partial charge < -0.3 is 14.8 Å². The second-order valence-corrected chi connectivity index (χ2v) is 7.83. The number of piperidine rings is 1. The predicted molar refractivity (Wildman–Crippen MR) is 106 cm³/mol. The molecule has 0 spiro atoms. The fraction of sp³-hybridized carbons (Fsp3) is 0.455. The number of nitrogens with zero attached hydrogens (tertiary/aromatic N) is 2. The molecular formula is C22H26FN3O2. The Morgan fingerprint density at radius 1 is 1.07 bits per heavy atom. The van der Waals surface area contributed by atoms with Gasteiger partial charge in [0, 0.05) is 25.2 Å². The molecule has 2 amide bonds. The van der Waals surface area contributed by atoms with Crippen LogP contribution < -0.4 is 5.32 Å². The highest BCUT2D eigenvalue weighted by Gasteiger charge is 2.35. The van der Waals surface area contributed by atoms with Gasteiger partial charge in [0.15, 0.2) is 0 Å². The number of rotatable bonds is 4. The molecule has 5 nitrogen and oxygen atoms in total. The minimum atomic E-state index is -1.24. The topological polar surface area (TPSA) is 54.3 Å². The predicted octanol–water partition coefficient (Wildman–Crippen LogP) is 3.16. The minimum Gasteiger partial charge on any atom is -0.350 e. The molecule has 2 aromatic rings. The molecule has 2 aliphatic rings. The SMILES string of the molecule is Cn1c(C(=O)N2CC[C@@H](NC(=O)C3CCC3)[C@H](F)C2)ccc1-c1ccccc1. The number of likely N-dealkylation sites (tertiary alicyclic amines) is 1. The molecule has 4 rings (SSSR count). The third-order valence-electron chi connectivity index (χ3n) is 6.04. The summed E-state index contributed by atoms with van der Waals surface area (Å²) in [6, 6.07) is 13.1. The van der Waals surface area contributed by atoms with Crippen molar-refractivity contribution in [3.63, 3.8) is 0 Å². The zero-order valence-electron chi connectivity index (χ0n) is 16.1. The summed E-state index contributed by atoms with van der Waals surface area (Å²) >= 11 is 0. The van der Waals surface area contributed by atoms with Gasteiger partial charge in [-0.2, -0.15) is 0 Å². The molecule has 2 heterocycles. The molecule has 28 heavy (non-hydrogen) atoms. The molecule has 1 saturated heterocycles. The number of carbonyl (C=O) groups is 2. The van der Waals surface area contributed by atoms with Gasteiger partial charge in [-0.05, 0) is 37.0 Å². The van der Waals surface area contributed by atoms with Crippen LogP contribution in [0.4, 0.5) is 4.39 Å². The first-order valence-corrected chi connectivity index (χ1v) is 9.99. The molecule has 148 valence electrons. The lowest BCUT2D eigenvalue weighted by Gasteiger charge is -2.36. The lowest BCUT2D eigenvalue weighted by atomic mass is 9.84. The summed E-state index contributed by atoms with van der Waals surface area (Å²) in [4.78, 5) is 26.6. The Hall–Kier alpha value is -2.63. The van der Waals surface area contributed by atoms with Crippen LogP contribution in [-0.2, 0) is 11.8 Å². The Kier molecular flexibility index (Phi) is 5.20. The van der Waals surface area contributed by atoms with Crippen molar-refractivity contribution in [2.45, 2.75) is 37.9 Å². The van der Waals surface area contributed by atoms with E-state index >= 15 is 0 Å². The summed E-state index contributed by atoms with van der Waals surface area (Å²) in [6.07, 6.45) is 2.08. The molecule has 2 fully saturated rings. The standard InChI is InChI=1S/C22H26FN3O2/c1-25-19(15-6-3-2-4-7-15)10-11-20(25)22(28)26-13-12-18(17(23)14-26)24-21(27)16-8-5-9-16/h2-4,6-7,10-11,16-18H,5,8-9,12-14H2,1H3,(H,24,27)/t17-,18-/m1/s1. The van der Waals surface area contributed by atoms with Gasteiger partial charge in [-0.3, -0.25) is 9.59 Å². The molecule has 0 radical (unpaired) electrons. The number of halogens is 1. The van der Waals surface area contributed by atoms with Crippen LogP contribution in [0.3, 0.4) is 0 Å². The van der Waals surface area contributed by atoms with Crippen LogP contribution in [-0.4, -0.2) is 46.6 Å². The monoisotopic (exact) mass is 383 g/mol. The van der Waals surface area contributed by atoms with Gasteiger partial charge in [0.2, 0.25) is 5.91 Å². The normalized spacial score (nSPS) is 22.6. The maximum Gasteiger partial charge on any atom is 0.270 e. The lowest BCUT2D eigenvalue weighted by molar-refractivity contribution is -0.129. The van der Waals surface area contributed by atoms with Crippen LogP contribution in [0, 0.1) is 5.92 Å². The quantitative estimate of drug-likeness (QED) is 0.882. The van der Waals surface area contributed by atoms with Gasteiger partial charge in [0.05, 0.1) is 12.6 Å². The fourth-order valence-electron chi connectivity index (χ4n) is 4.01. The number of hydrogen-bond acceptors (Lipinski definition) is 2. The maximum atomic E-state index is 14.7. The van der Waals surface area contributed by atoms with E-state index in [-0.39, 0.29) is 24.3 Å². The van der Waals surface area contributed by atoms with Crippen LogP contribution in [0.2, 0.25) is 0 Å². The number of nitrogens with one attached hydrogen (secondary N) is 1. The number of hydrogen-bond donors (Lipinski definition) is 1. The van der Waals surface area contributed by atoms with Gasteiger partial charge in [0.25, 0.3) is 5.91 Å². The van der Waals surface area contributed by atoms with Gasteiger partial charge >= 0.3 is 0 Å². The van der Waals surface area contributed by atoms with Crippen LogP contribution in [0.1, 0.15) is 36.2 Å². The minimum absolute atomic E-state index is 0.0142. The Morgan fingerprint density at radius 2 is 1.82 bits per heavy atom. The Morgan fingerprint density at radius 3 is 2.46 bits per heavy atom. The molecule has 6 heteroatoms. The molecule has 1 saturated carbocycles. The summed E-state index contributed by atoms with van der Waals surface area (Å²) in [5, 5.41) is 2.85. The van der Waals surface area contributed by atoms with E-state index in [1.165, 1.54) is 0 Å². The first-order chi connectivity index (χ1) is 13.5. The molecule has 1 N–H and O–H groups in total. The molecule has 0 bridgehead atoms. The molecule has 0 unspecified atom stereocenters. The van der Waals surface area contributed by atoms with E-state index < -0.39 is 12.2 Å². The van der Waals surface area contributed by atoms with Crippen LogP contribution in [0.25, 0.3) is 11.3 Å². The zero-order valence-corrected chi connectivity index (χ0v) is 16.1. The van der Waals surface area contributed by atoms with Crippen LogP contribution >= 0.6 is 0 Å². The molecule has 1 aromatic heterocycles. The van der Waals surface area contributed by atoms with E-state index in [1.807, 2.05) is 48.0 Å². The van der Waals surface area contributed by atoms with Crippen molar-refractivity contribution in [1.29, 1.82) is 0 Å². The number of aromatic nitrogens is 1. The van der Waals surface area contributed by atoms with Crippen molar-refractivity contribution < 1.29 is 14.0 Å². The second kappa shape index (κ2) is 7.78. The van der Waals surface area contributed by atoms with Gasteiger partial charge in [0.1, 0.15) is 11.9 Å². The van der Waals surface area contributed by atoms with Gasteiger partial charge in [-0.15, -0.1) is 0 Å². The van der Waals surface area contributed by atoms with Gasteiger partial charge in [-0.1, -0.05) is 36.8 Å². The molecule has 1 aromatic carbocycles. The molecule has 1 aliphatic heterocycles. The van der Waals surface area contributed by atoms with Gasteiger partial charge in [-0.25, -0.2) is 4.39 Å². The average molecular weight is 383 g/mol. The number of amides is 2. The van der Waals surface area contributed by atoms with Crippen LogP contribution in [0.15, 0.2) is 42.5 Å². The molecule has 1 aliphatic carbocycles. The van der Waals surface area contributed by atoms with E-state index in [0.29, 0.717) is 18.7 Å². The maximum absolute atomic E-state index is 14.7. The number of alkyl halides is 1. The van der Waals surface area contributed by atoms with E-state index in [0.717, 1.165) is 30.5 Å². The Labute approximate surface area is 164 Å². The van der Waals surface area contributed by atoms with E-state index in [1.54, 1.807) is 11.0 Å². The van der Waals surface area contributed by atoms with E-state index in [4.69, 9.17) is 0 Å². The summed E-state index contributed by atoms with van der Waals surface area (Å²) in [5.74, 6) is -0.156. The van der Waals surface area contributed by atoms with Crippen molar-refractivity contribution in [3.05, 3.63) is 48.2 Å². The summed E-state index contributed by atoms with van der Waals surface area (Å²) in [7, 11) is 1.86. The summed E-state index contributed by atoms with van der Waals surface area (Å²) in [5.41, 5.74) is 2.52. The highest BCUT2D eigenvalue weighted by Crippen LogP contribution is 2.27. The number of carbonyl (C=O) groups excluding carboxylic acids is 2. The van der Waals surface area contributed by atoms with E-state index in [9.17, 15) is 14.0 Å².